The summed E-state index contributed by atoms with van der Waals surface area (Å²) in [4.78, 5) is 28.8. The van der Waals surface area contributed by atoms with Crippen molar-refractivity contribution in [2.75, 3.05) is 42.9 Å². The zero-order chi connectivity index (χ0) is 26.2. The number of piperidine rings is 1. The summed E-state index contributed by atoms with van der Waals surface area (Å²) in [6.45, 7) is 4.30. The molecule has 37 heavy (non-hydrogen) atoms. The predicted octanol–water partition coefficient (Wildman–Crippen LogP) is 3.95. The van der Waals surface area contributed by atoms with Crippen LogP contribution in [0.25, 0.3) is 0 Å². The van der Waals surface area contributed by atoms with Gasteiger partial charge in [0.05, 0.1) is 18.0 Å². The van der Waals surface area contributed by atoms with Crippen molar-refractivity contribution in [3.05, 3.63) is 29.6 Å². The number of nitrogens with one attached hydrogen (secondary N) is 1. The number of halogens is 5. The van der Waals surface area contributed by atoms with Gasteiger partial charge in [-0.1, -0.05) is 0 Å². The van der Waals surface area contributed by atoms with Crippen LogP contribution in [-0.2, 0) is 17.8 Å². The molecule has 5 rings (SSSR count). The molecule has 0 spiro atoms. The van der Waals surface area contributed by atoms with Gasteiger partial charge in [0.15, 0.2) is 0 Å². The number of carbonyl (C=O) groups is 1. The second-order valence-corrected chi connectivity index (χ2v) is 10.0. The lowest BCUT2D eigenvalue weighted by molar-refractivity contribution is -0.127. The smallest absolute Gasteiger partial charge is 0.356 e. The summed E-state index contributed by atoms with van der Waals surface area (Å²) in [5.74, 6) is -0.698. The van der Waals surface area contributed by atoms with E-state index in [-0.39, 0.29) is 29.4 Å². The van der Waals surface area contributed by atoms with Gasteiger partial charge in [0.1, 0.15) is 23.8 Å². The molecule has 5 heterocycles. The highest BCUT2D eigenvalue weighted by Crippen LogP contribution is 2.41. The maximum atomic E-state index is 13.8. The summed E-state index contributed by atoms with van der Waals surface area (Å²) in [7, 11) is 0. The van der Waals surface area contributed by atoms with E-state index in [0.29, 0.717) is 44.1 Å². The third kappa shape index (κ3) is 5.86. The van der Waals surface area contributed by atoms with Gasteiger partial charge in [0.2, 0.25) is 12.3 Å². The molecular formula is C24H30F5N7O. The predicted molar refractivity (Wildman–Crippen MR) is 126 cm³/mol. The second-order valence-electron chi connectivity index (χ2n) is 10.0. The van der Waals surface area contributed by atoms with Gasteiger partial charge in [-0.05, 0) is 38.8 Å². The Kier molecular flexibility index (Phi) is 7.32. The molecule has 3 aliphatic heterocycles. The van der Waals surface area contributed by atoms with Crippen molar-refractivity contribution >= 4 is 17.5 Å². The van der Waals surface area contributed by atoms with Crippen LogP contribution in [0, 0.1) is 0 Å². The minimum atomic E-state index is -4.34. The molecule has 0 saturated carbocycles. The number of hydrogen-bond donors (Lipinski definition) is 1. The Balaban J connectivity index is 1.33. The van der Waals surface area contributed by atoms with E-state index in [1.807, 2.05) is 9.47 Å². The number of carbonyl (C=O) groups excluding carboxylic acids is 1. The van der Waals surface area contributed by atoms with Crippen LogP contribution in [0.1, 0.15) is 61.0 Å². The third-order valence-electron chi connectivity index (χ3n) is 7.46. The van der Waals surface area contributed by atoms with E-state index < -0.39 is 30.8 Å². The number of fused-ring (bicyclic) bond motifs is 1. The van der Waals surface area contributed by atoms with Gasteiger partial charge < -0.3 is 19.7 Å². The number of rotatable bonds is 7. The van der Waals surface area contributed by atoms with Crippen LogP contribution in [0.2, 0.25) is 0 Å². The number of hydrogen-bond acceptors (Lipinski definition) is 6. The van der Waals surface area contributed by atoms with Crippen LogP contribution in [0.15, 0.2) is 12.5 Å². The van der Waals surface area contributed by atoms with Gasteiger partial charge in [-0.25, -0.2) is 23.7 Å². The molecule has 8 nitrogen and oxygen atoms in total. The first-order valence-electron chi connectivity index (χ1n) is 12.7. The molecule has 0 aromatic carbocycles. The maximum Gasteiger partial charge on any atom is 0.394 e. The average Bonchev–Trinajstić information content (AvgIpc) is 3.50. The molecule has 13 heteroatoms. The van der Waals surface area contributed by atoms with Crippen molar-refractivity contribution in [1.82, 2.24) is 24.4 Å². The van der Waals surface area contributed by atoms with E-state index in [1.165, 1.54) is 12.5 Å². The van der Waals surface area contributed by atoms with Crippen LogP contribution in [0.4, 0.5) is 33.6 Å². The van der Waals surface area contributed by atoms with Gasteiger partial charge in [-0.2, -0.15) is 13.2 Å². The molecule has 2 fully saturated rings. The Morgan fingerprint density at radius 1 is 1.05 bits per heavy atom. The summed E-state index contributed by atoms with van der Waals surface area (Å²) in [6.07, 6.45) is -2.23. The number of anilines is 2. The molecule has 202 valence electrons. The molecule has 2 aromatic rings. The highest BCUT2D eigenvalue weighted by Gasteiger charge is 2.38. The van der Waals surface area contributed by atoms with E-state index in [9.17, 15) is 26.7 Å². The quantitative estimate of drug-likeness (QED) is 0.550. The lowest BCUT2D eigenvalue weighted by Gasteiger charge is -2.36. The van der Waals surface area contributed by atoms with Crippen molar-refractivity contribution in [3.8, 4) is 0 Å². The molecule has 1 amide bonds. The van der Waals surface area contributed by atoms with Crippen molar-refractivity contribution in [2.24, 2.45) is 0 Å². The Morgan fingerprint density at radius 3 is 2.46 bits per heavy atom. The van der Waals surface area contributed by atoms with Crippen LogP contribution < -0.4 is 10.2 Å². The molecule has 2 saturated heterocycles. The van der Waals surface area contributed by atoms with E-state index in [1.54, 1.807) is 0 Å². The Bertz CT molecular complexity index is 1110. The fourth-order valence-corrected chi connectivity index (χ4v) is 5.67. The van der Waals surface area contributed by atoms with E-state index in [0.717, 1.165) is 32.5 Å². The number of alkyl halides is 5. The molecule has 1 N–H and O–H groups in total. The van der Waals surface area contributed by atoms with E-state index in [4.69, 9.17) is 0 Å². The number of likely N-dealkylation sites (tertiary alicyclic amines) is 1. The molecule has 0 unspecified atom stereocenters. The van der Waals surface area contributed by atoms with Gasteiger partial charge in [-0.3, -0.25) is 4.79 Å². The Hall–Kier alpha value is -2.83. The number of aromatic nitrogens is 4. The number of nitrogens with zero attached hydrogens (tertiary/aromatic N) is 6. The van der Waals surface area contributed by atoms with Gasteiger partial charge in [0.25, 0.3) is 0 Å². The first-order valence-corrected chi connectivity index (χ1v) is 12.7. The van der Waals surface area contributed by atoms with Crippen LogP contribution >= 0.6 is 0 Å². The minimum Gasteiger partial charge on any atom is -0.356 e. The first-order chi connectivity index (χ1) is 17.7. The van der Waals surface area contributed by atoms with Gasteiger partial charge >= 0.3 is 6.18 Å². The molecule has 0 bridgehead atoms. The Morgan fingerprint density at radius 2 is 1.78 bits per heavy atom. The fourth-order valence-electron chi connectivity index (χ4n) is 5.67. The molecule has 3 aliphatic rings. The summed E-state index contributed by atoms with van der Waals surface area (Å²) < 4.78 is 68.7. The monoisotopic (exact) mass is 527 g/mol. The van der Waals surface area contributed by atoms with Crippen molar-refractivity contribution < 1.29 is 26.7 Å². The lowest BCUT2D eigenvalue weighted by atomic mass is 9.91. The lowest BCUT2D eigenvalue weighted by Crippen LogP contribution is -2.37. The molecule has 0 radical (unpaired) electrons. The molecule has 1 atom stereocenters. The molecular weight excluding hydrogens is 497 g/mol. The molecule has 0 aliphatic carbocycles. The summed E-state index contributed by atoms with van der Waals surface area (Å²) in [5, 5.41) is 2.57. The topological polar surface area (TPSA) is 79.2 Å². The van der Waals surface area contributed by atoms with Gasteiger partial charge in [0, 0.05) is 50.3 Å². The zero-order valence-corrected chi connectivity index (χ0v) is 20.4. The third-order valence-corrected chi connectivity index (χ3v) is 7.46. The zero-order valence-electron chi connectivity index (χ0n) is 20.4. The Labute approximate surface area is 211 Å². The van der Waals surface area contributed by atoms with Crippen molar-refractivity contribution in [2.45, 2.75) is 69.5 Å². The van der Waals surface area contributed by atoms with E-state index in [2.05, 4.69) is 25.2 Å². The standard InChI is InChI=1S/C24H30F5N7O/c25-20(26)17-11-18(37)33-21-19(17)23(31-14-30-21)35-7-3-15(4-8-35)22-32-16(12-24(27,28)29)13-36(22)10-9-34-5-1-2-6-34/h13-15,17,20H,1-12H2,(H,30,31,33,37)/t17-/m1/s1. The number of amides is 1. The minimum absolute atomic E-state index is 0.0201. The van der Waals surface area contributed by atoms with Crippen LogP contribution in [0.3, 0.4) is 0 Å². The highest BCUT2D eigenvalue weighted by molar-refractivity contribution is 5.94. The summed E-state index contributed by atoms with van der Waals surface area (Å²) in [6, 6.07) is 0. The van der Waals surface area contributed by atoms with Crippen molar-refractivity contribution in [3.63, 3.8) is 0 Å². The maximum absolute atomic E-state index is 13.8. The molecule has 2 aromatic heterocycles. The highest BCUT2D eigenvalue weighted by atomic mass is 19.4. The number of imidazole rings is 1. The van der Waals surface area contributed by atoms with E-state index >= 15 is 0 Å². The second kappa shape index (κ2) is 10.5. The normalized spacial score (nSPS) is 21.5. The summed E-state index contributed by atoms with van der Waals surface area (Å²) >= 11 is 0. The fraction of sp³-hybridized carbons (Fsp3) is 0.667. The summed E-state index contributed by atoms with van der Waals surface area (Å²) in [5.41, 5.74) is 0.266. The van der Waals surface area contributed by atoms with Gasteiger partial charge in [-0.15, -0.1) is 0 Å². The van der Waals surface area contributed by atoms with Crippen LogP contribution in [-0.4, -0.2) is 75.7 Å². The average molecular weight is 528 g/mol. The SMILES string of the molecule is O=C1C[C@@H](C(F)F)c2c(ncnc2N2CCC(c3nc(CC(F)(F)F)cn3CCN3CCCC3)CC2)N1. The first kappa shape index (κ1) is 25.8. The van der Waals surface area contributed by atoms with Crippen LogP contribution in [0.5, 0.6) is 0 Å². The van der Waals surface area contributed by atoms with Crippen molar-refractivity contribution in [1.29, 1.82) is 0 Å². The largest absolute Gasteiger partial charge is 0.394 e.